The van der Waals surface area contributed by atoms with Crippen LogP contribution in [0.1, 0.15) is 85.3 Å². The highest BCUT2D eigenvalue weighted by atomic mass is 16.5. The Bertz CT molecular complexity index is 1380. The van der Waals surface area contributed by atoms with E-state index in [2.05, 4.69) is 25.7 Å². The Morgan fingerprint density at radius 3 is 2.38 bits per heavy atom. The molecule has 7 heteroatoms. The molecule has 7 nitrogen and oxygen atoms in total. The Morgan fingerprint density at radius 2 is 1.69 bits per heavy atom. The monoisotopic (exact) mass is 534 g/mol. The molecule has 0 radical (unpaired) electrons. The van der Waals surface area contributed by atoms with E-state index in [-0.39, 0.29) is 17.1 Å². The first kappa shape index (κ1) is 28.7. The summed E-state index contributed by atoms with van der Waals surface area (Å²) in [5.74, 6) is 1.13. The van der Waals surface area contributed by atoms with Gasteiger partial charge < -0.3 is 23.7 Å². The molecule has 1 atom stereocenters. The lowest BCUT2D eigenvalue weighted by molar-refractivity contribution is 0.0708. The second-order valence-electron chi connectivity index (χ2n) is 10.4. The molecule has 1 aliphatic rings. The lowest BCUT2D eigenvalue weighted by Crippen LogP contribution is -2.37. The van der Waals surface area contributed by atoms with Crippen LogP contribution in [0.25, 0.3) is 11.0 Å². The molecule has 1 aliphatic heterocycles. The third-order valence-electron chi connectivity index (χ3n) is 7.89. The fourth-order valence-corrected chi connectivity index (χ4v) is 5.33. The number of aryl methyl sites for hydroxylation is 2. The number of carbonyl (C=O) groups is 1. The predicted octanol–water partition coefficient (Wildman–Crippen LogP) is 6.26. The van der Waals surface area contributed by atoms with Crippen LogP contribution in [0.2, 0.25) is 0 Å². The van der Waals surface area contributed by atoms with Crippen molar-refractivity contribution in [3.63, 3.8) is 0 Å². The molecule has 0 aliphatic carbocycles. The molecule has 1 aromatic heterocycles. The van der Waals surface area contributed by atoms with Crippen molar-refractivity contribution in [2.45, 2.75) is 66.3 Å². The molecule has 0 bridgehead atoms. The smallest absolute Gasteiger partial charge is 0.290 e. The normalized spacial score (nSPS) is 14.9. The lowest BCUT2D eigenvalue weighted by atomic mass is 9.97. The summed E-state index contributed by atoms with van der Waals surface area (Å²) in [6.07, 6.45) is 4.47. The third kappa shape index (κ3) is 5.83. The van der Waals surface area contributed by atoms with E-state index in [9.17, 15) is 9.59 Å². The van der Waals surface area contributed by atoms with Crippen LogP contribution in [-0.4, -0.2) is 55.6 Å². The summed E-state index contributed by atoms with van der Waals surface area (Å²) >= 11 is 0. The van der Waals surface area contributed by atoms with Crippen molar-refractivity contribution in [3.05, 3.63) is 68.6 Å². The van der Waals surface area contributed by atoms with Gasteiger partial charge in [-0.2, -0.15) is 0 Å². The molecule has 210 valence electrons. The zero-order valence-corrected chi connectivity index (χ0v) is 24.3. The maximum atomic E-state index is 14.0. The van der Waals surface area contributed by atoms with E-state index >= 15 is 0 Å². The van der Waals surface area contributed by atoms with Gasteiger partial charge in [-0.15, -0.1) is 0 Å². The molecule has 4 rings (SSSR count). The van der Waals surface area contributed by atoms with E-state index in [4.69, 9.17) is 13.9 Å². The molecule has 1 amide bonds. The molecule has 3 aromatic rings. The highest BCUT2D eigenvalue weighted by Gasteiger charge is 2.43. The Labute approximate surface area is 231 Å². The first-order chi connectivity index (χ1) is 18.8. The average Bonchev–Trinajstić information content (AvgIpc) is 3.21. The van der Waals surface area contributed by atoms with Crippen LogP contribution < -0.4 is 14.9 Å². The minimum Gasteiger partial charge on any atom is -0.493 e. The largest absolute Gasteiger partial charge is 0.493 e. The molecule has 1 unspecified atom stereocenters. The summed E-state index contributed by atoms with van der Waals surface area (Å²) in [5.41, 5.74) is 3.51. The standard InChI is InChI=1S/C32H42N2O5/c1-7-10-11-12-17-38-25-14-13-23(20-27(25)37-6)29-28-30(35)24-18-21(4)22(5)19-26(24)39-31(28)32(36)34(29)16-15-33(8-2)9-3/h13-14,18-20,29H,7-12,15-17H2,1-6H3. The minimum atomic E-state index is -0.571. The van der Waals surface area contributed by atoms with Gasteiger partial charge in [-0.05, 0) is 74.3 Å². The minimum absolute atomic E-state index is 0.135. The van der Waals surface area contributed by atoms with Crippen molar-refractivity contribution in [2.75, 3.05) is 39.9 Å². The van der Waals surface area contributed by atoms with Crippen molar-refractivity contribution in [1.82, 2.24) is 9.80 Å². The van der Waals surface area contributed by atoms with E-state index in [0.717, 1.165) is 42.6 Å². The van der Waals surface area contributed by atoms with Gasteiger partial charge in [-0.25, -0.2) is 0 Å². The van der Waals surface area contributed by atoms with Crippen LogP contribution >= 0.6 is 0 Å². The quantitative estimate of drug-likeness (QED) is 0.241. The van der Waals surface area contributed by atoms with Gasteiger partial charge in [-0.3, -0.25) is 9.59 Å². The second kappa shape index (κ2) is 12.7. The van der Waals surface area contributed by atoms with E-state index in [1.54, 1.807) is 12.0 Å². The van der Waals surface area contributed by atoms with Crippen LogP contribution in [0, 0.1) is 13.8 Å². The number of nitrogens with zero attached hydrogens (tertiary/aromatic N) is 2. The average molecular weight is 535 g/mol. The Hall–Kier alpha value is -3.32. The number of hydrogen-bond donors (Lipinski definition) is 0. The Balaban J connectivity index is 1.78. The van der Waals surface area contributed by atoms with Crippen molar-refractivity contribution in [2.24, 2.45) is 0 Å². The third-order valence-corrected chi connectivity index (χ3v) is 7.89. The van der Waals surface area contributed by atoms with E-state index in [0.29, 0.717) is 47.7 Å². The molecular weight excluding hydrogens is 492 g/mol. The Morgan fingerprint density at radius 1 is 0.949 bits per heavy atom. The highest BCUT2D eigenvalue weighted by molar-refractivity contribution is 5.99. The molecule has 2 aromatic carbocycles. The second-order valence-corrected chi connectivity index (χ2v) is 10.4. The lowest BCUT2D eigenvalue weighted by Gasteiger charge is -2.28. The zero-order valence-electron chi connectivity index (χ0n) is 24.3. The van der Waals surface area contributed by atoms with Crippen molar-refractivity contribution in [1.29, 1.82) is 0 Å². The summed E-state index contributed by atoms with van der Waals surface area (Å²) < 4.78 is 17.9. The van der Waals surface area contributed by atoms with Crippen LogP contribution in [0.15, 0.2) is 39.5 Å². The maximum Gasteiger partial charge on any atom is 0.290 e. The summed E-state index contributed by atoms with van der Waals surface area (Å²) in [6, 6.07) is 8.86. The SMILES string of the molecule is CCCCCCOc1ccc(C2c3c(oc4cc(C)c(C)cc4c3=O)C(=O)N2CCN(CC)CC)cc1OC. The number of methoxy groups -OCH3 is 1. The van der Waals surface area contributed by atoms with Crippen LogP contribution in [0.4, 0.5) is 0 Å². The number of benzene rings is 2. The number of fused-ring (bicyclic) bond motifs is 2. The molecule has 0 saturated heterocycles. The number of ether oxygens (including phenoxy) is 2. The molecule has 2 heterocycles. The molecule has 0 spiro atoms. The van der Waals surface area contributed by atoms with Gasteiger partial charge >= 0.3 is 0 Å². The Kier molecular flexibility index (Phi) is 9.33. The maximum absolute atomic E-state index is 14.0. The van der Waals surface area contributed by atoms with E-state index < -0.39 is 6.04 Å². The molecule has 39 heavy (non-hydrogen) atoms. The highest BCUT2D eigenvalue weighted by Crippen LogP contribution is 2.41. The van der Waals surface area contributed by atoms with Crippen LogP contribution in [0.5, 0.6) is 11.5 Å². The summed E-state index contributed by atoms with van der Waals surface area (Å²) in [4.78, 5) is 31.8. The predicted molar refractivity (Wildman–Crippen MR) is 155 cm³/mol. The molecule has 0 N–H and O–H groups in total. The number of amides is 1. The van der Waals surface area contributed by atoms with Gasteiger partial charge in [0.05, 0.1) is 30.7 Å². The summed E-state index contributed by atoms with van der Waals surface area (Å²) in [7, 11) is 1.61. The zero-order chi connectivity index (χ0) is 28.1. The first-order valence-electron chi connectivity index (χ1n) is 14.3. The number of rotatable bonds is 13. The summed E-state index contributed by atoms with van der Waals surface area (Å²) in [5, 5.41) is 0.499. The number of hydrogen-bond acceptors (Lipinski definition) is 6. The van der Waals surface area contributed by atoms with Gasteiger partial charge in [0.1, 0.15) is 5.58 Å². The van der Waals surface area contributed by atoms with E-state index in [1.807, 2.05) is 44.2 Å². The van der Waals surface area contributed by atoms with Gasteiger partial charge in [0.15, 0.2) is 16.9 Å². The van der Waals surface area contributed by atoms with Gasteiger partial charge in [0.2, 0.25) is 5.76 Å². The summed E-state index contributed by atoms with van der Waals surface area (Å²) in [6.45, 7) is 13.9. The number of carbonyl (C=O) groups excluding carboxylic acids is 1. The van der Waals surface area contributed by atoms with Crippen LogP contribution in [-0.2, 0) is 0 Å². The number of unbranched alkanes of at least 4 members (excludes halogenated alkanes) is 3. The molecule has 0 saturated carbocycles. The topological polar surface area (TPSA) is 72.2 Å². The molecular formula is C32H42N2O5. The van der Waals surface area contributed by atoms with Gasteiger partial charge in [-0.1, -0.05) is 46.1 Å². The van der Waals surface area contributed by atoms with Crippen LogP contribution in [0.3, 0.4) is 0 Å². The fourth-order valence-electron chi connectivity index (χ4n) is 5.33. The molecule has 0 fully saturated rings. The van der Waals surface area contributed by atoms with Crippen molar-refractivity contribution < 1.29 is 18.7 Å². The van der Waals surface area contributed by atoms with Crippen molar-refractivity contribution >= 4 is 16.9 Å². The van der Waals surface area contributed by atoms with Gasteiger partial charge in [0.25, 0.3) is 5.91 Å². The number of likely N-dealkylation sites (N-methyl/N-ethyl adjacent to an activating group) is 1. The fraction of sp³-hybridized carbons (Fsp3) is 0.500. The van der Waals surface area contributed by atoms with E-state index in [1.165, 1.54) is 12.8 Å². The van der Waals surface area contributed by atoms with Gasteiger partial charge in [0, 0.05) is 13.1 Å². The first-order valence-corrected chi connectivity index (χ1v) is 14.3. The van der Waals surface area contributed by atoms with Crippen molar-refractivity contribution in [3.8, 4) is 11.5 Å².